The number of piperidine rings is 1. The summed E-state index contributed by atoms with van der Waals surface area (Å²) in [6.07, 6.45) is 4.05. The summed E-state index contributed by atoms with van der Waals surface area (Å²) in [5.41, 5.74) is 1.44. The lowest BCUT2D eigenvalue weighted by Gasteiger charge is -2.30. The Labute approximate surface area is 158 Å². The Kier molecular flexibility index (Phi) is 7.35. The van der Waals surface area contributed by atoms with Crippen LogP contribution in [0.5, 0.6) is 0 Å². The first-order valence-electron chi connectivity index (χ1n) is 9.26. The van der Waals surface area contributed by atoms with E-state index < -0.39 is 0 Å². The Hall–Kier alpha value is -2.42. The monoisotopic (exact) mass is 380 g/mol. The molecular weight excluding hydrogens is 352 g/mol. The van der Waals surface area contributed by atoms with Crippen LogP contribution in [0.15, 0.2) is 6.33 Å². The third-order valence-electron chi connectivity index (χ3n) is 4.85. The summed E-state index contributed by atoms with van der Waals surface area (Å²) in [6.45, 7) is 5.38. The van der Waals surface area contributed by atoms with Crippen molar-refractivity contribution in [1.29, 1.82) is 0 Å². The van der Waals surface area contributed by atoms with Gasteiger partial charge in [0.2, 0.25) is 5.91 Å². The molecule has 9 heteroatoms. The van der Waals surface area contributed by atoms with E-state index in [1.165, 1.54) is 0 Å². The largest absolute Gasteiger partial charge is 0.483 e. The second-order valence-corrected chi connectivity index (χ2v) is 7.22. The number of carbonyl (C=O) groups excluding carboxylic acids is 2. The molecule has 0 bridgehead atoms. The zero-order chi connectivity index (χ0) is 20.0. The van der Waals surface area contributed by atoms with Gasteiger partial charge in [0.15, 0.2) is 0 Å². The number of hydrogen-bond donors (Lipinski definition) is 3. The molecule has 1 aromatic heterocycles. The fourth-order valence-electron chi connectivity index (χ4n) is 3.48. The molecule has 3 rings (SSSR count). The summed E-state index contributed by atoms with van der Waals surface area (Å²) >= 11 is 0. The smallest absolute Gasteiger partial charge is 0.290 e. The van der Waals surface area contributed by atoms with Crippen molar-refractivity contribution in [2.24, 2.45) is 5.92 Å². The minimum Gasteiger partial charge on any atom is -0.483 e. The second-order valence-electron chi connectivity index (χ2n) is 7.22. The standard InChI is InChI=1S/C17H26N4O3.CH2O2/c1-11(2)19-16(23)12-3-4-14-15(18-10-21(14)9-12)17(24)20-7-5-13(22)6-8-20;2-1-3/h10-13,22H,3-9H2,1-2H3,(H,19,23);1H,(H,2,3). The van der Waals surface area contributed by atoms with Crippen molar-refractivity contribution in [1.82, 2.24) is 19.8 Å². The molecule has 1 saturated heterocycles. The summed E-state index contributed by atoms with van der Waals surface area (Å²) in [4.78, 5) is 39.3. The predicted octanol–water partition coefficient (Wildman–Crippen LogP) is 0.268. The number of aliphatic hydroxyl groups is 1. The molecule has 2 aliphatic rings. The van der Waals surface area contributed by atoms with Crippen LogP contribution in [0.3, 0.4) is 0 Å². The maximum Gasteiger partial charge on any atom is 0.290 e. The van der Waals surface area contributed by atoms with Crippen LogP contribution in [0, 0.1) is 5.92 Å². The highest BCUT2D eigenvalue weighted by Crippen LogP contribution is 2.24. The average molecular weight is 380 g/mol. The number of hydrogen-bond acceptors (Lipinski definition) is 5. The van der Waals surface area contributed by atoms with Gasteiger partial charge in [-0.05, 0) is 39.5 Å². The highest BCUT2D eigenvalue weighted by molar-refractivity contribution is 5.93. The first-order chi connectivity index (χ1) is 12.9. The van der Waals surface area contributed by atoms with E-state index in [1.807, 2.05) is 18.4 Å². The van der Waals surface area contributed by atoms with Gasteiger partial charge in [0.1, 0.15) is 5.69 Å². The number of nitrogens with one attached hydrogen (secondary N) is 1. The summed E-state index contributed by atoms with van der Waals surface area (Å²) in [6, 6.07) is 0.133. The molecule has 1 atom stereocenters. The Morgan fingerprint density at radius 1 is 1.30 bits per heavy atom. The fraction of sp³-hybridized carbons (Fsp3) is 0.667. The van der Waals surface area contributed by atoms with E-state index in [2.05, 4.69) is 10.3 Å². The van der Waals surface area contributed by atoms with E-state index in [0.717, 1.165) is 12.1 Å². The van der Waals surface area contributed by atoms with E-state index in [4.69, 9.17) is 9.90 Å². The molecule has 2 aliphatic heterocycles. The van der Waals surface area contributed by atoms with Crippen LogP contribution in [0.1, 0.15) is 49.3 Å². The van der Waals surface area contributed by atoms with Crippen molar-refractivity contribution in [3.05, 3.63) is 17.7 Å². The van der Waals surface area contributed by atoms with Crippen molar-refractivity contribution >= 4 is 18.3 Å². The maximum atomic E-state index is 12.7. The van der Waals surface area contributed by atoms with Crippen molar-refractivity contribution < 1.29 is 24.6 Å². The molecule has 2 amide bonds. The normalized spacial score (nSPS) is 19.7. The van der Waals surface area contributed by atoms with Gasteiger partial charge < -0.3 is 25.0 Å². The van der Waals surface area contributed by atoms with E-state index in [1.54, 1.807) is 11.2 Å². The number of carbonyl (C=O) groups is 3. The van der Waals surface area contributed by atoms with Crippen LogP contribution < -0.4 is 5.32 Å². The zero-order valence-corrected chi connectivity index (χ0v) is 15.8. The van der Waals surface area contributed by atoms with Gasteiger partial charge in [0.05, 0.1) is 24.0 Å². The summed E-state index contributed by atoms with van der Waals surface area (Å²) in [5.74, 6) is -0.0508. The van der Waals surface area contributed by atoms with Crippen LogP contribution in [-0.4, -0.2) is 68.2 Å². The number of aromatic nitrogens is 2. The molecule has 27 heavy (non-hydrogen) atoms. The molecule has 0 saturated carbocycles. The average Bonchev–Trinajstić information content (AvgIpc) is 3.05. The van der Waals surface area contributed by atoms with Crippen LogP contribution in [0.4, 0.5) is 0 Å². The van der Waals surface area contributed by atoms with Crippen LogP contribution in [-0.2, 0) is 22.6 Å². The van der Waals surface area contributed by atoms with E-state index >= 15 is 0 Å². The van der Waals surface area contributed by atoms with Gasteiger partial charge in [-0.1, -0.05) is 0 Å². The van der Waals surface area contributed by atoms with Gasteiger partial charge in [-0.15, -0.1) is 0 Å². The zero-order valence-electron chi connectivity index (χ0n) is 15.8. The third-order valence-corrected chi connectivity index (χ3v) is 4.85. The summed E-state index contributed by atoms with van der Waals surface area (Å²) in [5, 5.41) is 19.4. The molecule has 1 aromatic rings. The Bertz CT molecular complexity index is 665. The van der Waals surface area contributed by atoms with Crippen molar-refractivity contribution in [2.75, 3.05) is 13.1 Å². The van der Waals surface area contributed by atoms with Crippen LogP contribution in [0.25, 0.3) is 0 Å². The molecule has 0 aromatic carbocycles. The first-order valence-corrected chi connectivity index (χ1v) is 9.26. The molecule has 3 heterocycles. The molecular formula is C18H28N4O5. The molecule has 9 nitrogen and oxygen atoms in total. The lowest BCUT2D eigenvalue weighted by atomic mass is 9.95. The van der Waals surface area contributed by atoms with Gasteiger partial charge in [-0.3, -0.25) is 14.4 Å². The van der Waals surface area contributed by atoms with Crippen LogP contribution in [0.2, 0.25) is 0 Å². The molecule has 0 spiro atoms. The second kappa shape index (κ2) is 9.50. The minimum absolute atomic E-state index is 0.0549. The maximum absolute atomic E-state index is 12.7. The van der Waals surface area contributed by atoms with Gasteiger partial charge in [0.25, 0.3) is 12.4 Å². The van der Waals surface area contributed by atoms with Gasteiger partial charge in [-0.25, -0.2) is 4.98 Å². The number of aliphatic hydroxyl groups excluding tert-OH is 1. The molecule has 3 N–H and O–H groups in total. The number of rotatable bonds is 3. The molecule has 1 fully saturated rings. The van der Waals surface area contributed by atoms with Crippen molar-refractivity contribution in [3.8, 4) is 0 Å². The lowest BCUT2D eigenvalue weighted by molar-refractivity contribution is -0.126. The Morgan fingerprint density at radius 2 is 1.93 bits per heavy atom. The number of amides is 2. The molecule has 150 valence electrons. The van der Waals surface area contributed by atoms with E-state index in [0.29, 0.717) is 44.6 Å². The third kappa shape index (κ3) is 5.29. The predicted molar refractivity (Wildman–Crippen MR) is 97.2 cm³/mol. The van der Waals surface area contributed by atoms with E-state index in [9.17, 15) is 14.7 Å². The number of likely N-dealkylation sites (tertiary alicyclic amines) is 1. The van der Waals surface area contributed by atoms with Crippen molar-refractivity contribution in [2.45, 2.75) is 58.2 Å². The number of imidazole rings is 1. The number of nitrogens with zero attached hydrogens (tertiary/aromatic N) is 3. The molecule has 0 radical (unpaired) electrons. The highest BCUT2D eigenvalue weighted by atomic mass is 16.3. The summed E-state index contributed by atoms with van der Waals surface area (Å²) < 4.78 is 1.94. The van der Waals surface area contributed by atoms with Gasteiger partial charge >= 0.3 is 0 Å². The van der Waals surface area contributed by atoms with Crippen LogP contribution >= 0.6 is 0 Å². The van der Waals surface area contributed by atoms with Gasteiger partial charge in [0, 0.05) is 25.7 Å². The van der Waals surface area contributed by atoms with Crippen molar-refractivity contribution in [3.63, 3.8) is 0 Å². The molecule has 1 unspecified atom stereocenters. The Morgan fingerprint density at radius 3 is 2.52 bits per heavy atom. The number of carboxylic acid groups (broad SMARTS) is 1. The van der Waals surface area contributed by atoms with E-state index in [-0.39, 0.29) is 36.4 Å². The first kappa shape index (κ1) is 20.9. The fourth-order valence-corrected chi connectivity index (χ4v) is 3.48. The molecule has 0 aliphatic carbocycles. The SMILES string of the molecule is CC(C)NC(=O)C1CCc2c(C(=O)N3CCC(O)CC3)ncn2C1.O=CO. The quantitative estimate of drug-likeness (QED) is 0.647. The highest BCUT2D eigenvalue weighted by Gasteiger charge is 2.31. The number of fused-ring (bicyclic) bond motifs is 1. The Balaban J connectivity index is 0.000000817. The lowest BCUT2D eigenvalue weighted by Crippen LogP contribution is -2.41. The minimum atomic E-state index is -0.301. The van der Waals surface area contributed by atoms with Gasteiger partial charge in [-0.2, -0.15) is 0 Å². The topological polar surface area (TPSA) is 125 Å². The summed E-state index contributed by atoms with van der Waals surface area (Å²) in [7, 11) is 0.